The van der Waals surface area contributed by atoms with Gasteiger partial charge >= 0.3 is 0 Å². The maximum absolute atomic E-state index is 12.7. The molecule has 31 heavy (non-hydrogen) atoms. The molecule has 1 aliphatic rings. The minimum atomic E-state index is -0.215. The first-order valence-corrected chi connectivity index (χ1v) is 10.5. The highest BCUT2D eigenvalue weighted by Crippen LogP contribution is 2.28. The molecule has 1 saturated carbocycles. The lowest BCUT2D eigenvalue weighted by Crippen LogP contribution is -2.44. The zero-order chi connectivity index (χ0) is 22.2. The molecule has 0 saturated heterocycles. The van der Waals surface area contributed by atoms with Crippen LogP contribution in [0.4, 0.5) is 0 Å². The number of benzene rings is 2. The van der Waals surface area contributed by atoms with E-state index in [0.717, 1.165) is 24.8 Å². The topological polar surface area (TPSA) is 85.9 Å². The van der Waals surface area contributed by atoms with Gasteiger partial charge in [-0.25, -0.2) is 0 Å². The summed E-state index contributed by atoms with van der Waals surface area (Å²) in [5.41, 5.74) is 1.61. The van der Waals surface area contributed by atoms with Crippen molar-refractivity contribution in [2.75, 3.05) is 27.9 Å². The summed E-state index contributed by atoms with van der Waals surface area (Å²) in [5.74, 6) is 1.65. The number of methoxy groups -OCH3 is 3. The second kappa shape index (κ2) is 10.7. The molecule has 0 spiro atoms. The molecule has 7 heteroatoms. The Morgan fingerprint density at radius 1 is 0.935 bits per heavy atom. The van der Waals surface area contributed by atoms with E-state index in [-0.39, 0.29) is 23.8 Å². The zero-order valence-electron chi connectivity index (χ0n) is 18.3. The molecule has 0 heterocycles. The number of carbonyl (C=O) groups is 2. The Morgan fingerprint density at radius 3 is 2.35 bits per heavy atom. The van der Waals surface area contributed by atoms with E-state index >= 15 is 0 Å². The van der Waals surface area contributed by atoms with E-state index < -0.39 is 0 Å². The lowest BCUT2D eigenvalue weighted by molar-refractivity contribution is -0.125. The highest BCUT2D eigenvalue weighted by Gasteiger charge is 2.34. The molecule has 0 bridgehead atoms. The normalized spacial score (nSPS) is 17.6. The molecular formula is C24H30N2O5. The molecule has 1 aliphatic carbocycles. The number of carbonyl (C=O) groups excluding carboxylic acids is 2. The fourth-order valence-electron chi connectivity index (χ4n) is 3.94. The van der Waals surface area contributed by atoms with Crippen molar-refractivity contribution in [1.82, 2.24) is 10.6 Å². The first kappa shape index (κ1) is 22.5. The number of hydrogen-bond donors (Lipinski definition) is 2. The van der Waals surface area contributed by atoms with E-state index in [1.165, 1.54) is 0 Å². The van der Waals surface area contributed by atoms with Crippen LogP contribution in [-0.2, 0) is 11.2 Å². The molecule has 2 N–H and O–H groups in total. The van der Waals surface area contributed by atoms with Crippen molar-refractivity contribution >= 4 is 11.8 Å². The third-order valence-corrected chi connectivity index (χ3v) is 5.68. The van der Waals surface area contributed by atoms with Crippen LogP contribution in [0.1, 0.15) is 35.2 Å². The van der Waals surface area contributed by atoms with Crippen molar-refractivity contribution in [3.8, 4) is 17.2 Å². The summed E-state index contributed by atoms with van der Waals surface area (Å²) in [5, 5.41) is 6.05. The maximum Gasteiger partial charge on any atom is 0.251 e. The van der Waals surface area contributed by atoms with Crippen molar-refractivity contribution in [3.63, 3.8) is 0 Å². The largest absolute Gasteiger partial charge is 0.497 e. The first-order chi connectivity index (χ1) is 15.0. The summed E-state index contributed by atoms with van der Waals surface area (Å²) < 4.78 is 15.7. The summed E-state index contributed by atoms with van der Waals surface area (Å²) in [4.78, 5) is 25.3. The minimum absolute atomic E-state index is 0.0157. The Bertz CT molecular complexity index is 897. The number of hydrogen-bond acceptors (Lipinski definition) is 5. The maximum atomic E-state index is 12.7. The molecule has 166 valence electrons. The monoisotopic (exact) mass is 426 g/mol. The molecule has 0 radical (unpaired) electrons. The van der Waals surface area contributed by atoms with Gasteiger partial charge in [-0.15, -0.1) is 0 Å². The van der Waals surface area contributed by atoms with Crippen LogP contribution < -0.4 is 24.8 Å². The van der Waals surface area contributed by atoms with E-state index in [9.17, 15) is 9.59 Å². The smallest absolute Gasteiger partial charge is 0.251 e. The Morgan fingerprint density at radius 2 is 1.68 bits per heavy atom. The van der Waals surface area contributed by atoms with Gasteiger partial charge in [-0.05, 0) is 61.2 Å². The average Bonchev–Trinajstić information content (AvgIpc) is 3.27. The van der Waals surface area contributed by atoms with Crippen molar-refractivity contribution in [3.05, 3.63) is 53.6 Å². The Hall–Kier alpha value is -3.22. The average molecular weight is 427 g/mol. The van der Waals surface area contributed by atoms with Crippen LogP contribution >= 0.6 is 0 Å². The van der Waals surface area contributed by atoms with Crippen molar-refractivity contribution in [2.24, 2.45) is 5.92 Å². The summed E-state index contributed by atoms with van der Waals surface area (Å²) >= 11 is 0. The van der Waals surface area contributed by atoms with Gasteiger partial charge in [0.25, 0.3) is 5.91 Å². The molecule has 0 aromatic heterocycles. The molecule has 0 aliphatic heterocycles. The fraction of sp³-hybridized carbons (Fsp3) is 0.417. The fourth-order valence-corrected chi connectivity index (χ4v) is 3.94. The highest BCUT2D eigenvalue weighted by atomic mass is 16.5. The molecule has 0 unspecified atom stereocenters. The van der Waals surface area contributed by atoms with E-state index in [1.54, 1.807) is 45.6 Å². The predicted molar refractivity (Wildman–Crippen MR) is 118 cm³/mol. The SMILES string of the molecule is COc1ccc(C(=O)N[C@@H]2CCC[C@@H]2C(=O)NCCc2ccc(OC)c(OC)c2)cc1. The van der Waals surface area contributed by atoms with Gasteiger partial charge in [0.15, 0.2) is 11.5 Å². The predicted octanol–water partition coefficient (Wildman–Crippen LogP) is 2.97. The molecular weight excluding hydrogens is 396 g/mol. The highest BCUT2D eigenvalue weighted by molar-refractivity contribution is 5.95. The van der Waals surface area contributed by atoms with Crippen LogP contribution in [0.15, 0.2) is 42.5 Å². The van der Waals surface area contributed by atoms with Gasteiger partial charge in [0.2, 0.25) is 5.91 Å². The van der Waals surface area contributed by atoms with Crippen LogP contribution in [0, 0.1) is 5.92 Å². The van der Waals surface area contributed by atoms with Gasteiger partial charge in [0.1, 0.15) is 5.75 Å². The molecule has 2 aromatic rings. The van der Waals surface area contributed by atoms with E-state index in [4.69, 9.17) is 14.2 Å². The van der Waals surface area contributed by atoms with Crippen molar-refractivity contribution in [2.45, 2.75) is 31.7 Å². The Balaban J connectivity index is 1.51. The third-order valence-electron chi connectivity index (χ3n) is 5.68. The van der Waals surface area contributed by atoms with Crippen LogP contribution in [0.3, 0.4) is 0 Å². The summed E-state index contributed by atoms with van der Waals surface area (Å²) in [6, 6.07) is 12.5. The van der Waals surface area contributed by atoms with E-state index in [2.05, 4.69) is 10.6 Å². The first-order valence-electron chi connectivity index (χ1n) is 10.5. The lowest BCUT2D eigenvalue weighted by atomic mass is 10.0. The van der Waals surface area contributed by atoms with Gasteiger partial charge in [0.05, 0.1) is 27.2 Å². The molecule has 3 rings (SSSR count). The standard InChI is InChI=1S/C24H30N2O5/c1-29-18-10-8-17(9-11-18)23(27)26-20-6-4-5-19(20)24(28)25-14-13-16-7-12-21(30-2)22(15-16)31-3/h7-12,15,19-20H,4-6,13-14H2,1-3H3,(H,25,28)(H,26,27)/t19-,20+/m0/s1. The van der Waals surface area contributed by atoms with Crippen LogP contribution in [-0.4, -0.2) is 45.7 Å². The summed E-state index contributed by atoms with van der Waals surface area (Å²) in [6.45, 7) is 0.518. The van der Waals surface area contributed by atoms with Crippen LogP contribution in [0.2, 0.25) is 0 Å². The van der Waals surface area contributed by atoms with E-state index in [0.29, 0.717) is 35.8 Å². The number of nitrogens with one attached hydrogen (secondary N) is 2. The van der Waals surface area contributed by atoms with Gasteiger partial charge in [-0.1, -0.05) is 12.5 Å². The third kappa shape index (κ3) is 5.69. The van der Waals surface area contributed by atoms with E-state index in [1.807, 2.05) is 18.2 Å². The van der Waals surface area contributed by atoms with Crippen LogP contribution in [0.5, 0.6) is 17.2 Å². The molecule has 2 aromatic carbocycles. The van der Waals surface area contributed by atoms with Crippen molar-refractivity contribution in [1.29, 1.82) is 0 Å². The second-order valence-electron chi connectivity index (χ2n) is 7.58. The Labute approximate surface area is 183 Å². The molecule has 2 amide bonds. The van der Waals surface area contributed by atoms with Gasteiger partial charge in [-0.2, -0.15) is 0 Å². The van der Waals surface area contributed by atoms with Gasteiger partial charge in [-0.3, -0.25) is 9.59 Å². The second-order valence-corrected chi connectivity index (χ2v) is 7.58. The summed E-state index contributed by atoms with van der Waals surface area (Å²) in [7, 11) is 4.79. The van der Waals surface area contributed by atoms with Gasteiger partial charge in [0, 0.05) is 18.2 Å². The van der Waals surface area contributed by atoms with Crippen molar-refractivity contribution < 1.29 is 23.8 Å². The van der Waals surface area contributed by atoms with Crippen LogP contribution in [0.25, 0.3) is 0 Å². The van der Waals surface area contributed by atoms with Gasteiger partial charge < -0.3 is 24.8 Å². The summed E-state index contributed by atoms with van der Waals surface area (Å²) in [6.07, 6.45) is 3.18. The minimum Gasteiger partial charge on any atom is -0.497 e. The molecule has 2 atom stereocenters. The molecule has 7 nitrogen and oxygen atoms in total. The quantitative estimate of drug-likeness (QED) is 0.644. The Kier molecular flexibility index (Phi) is 7.76. The zero-order valence-corrected chi connectivity index (χ0v) is 18.3. The number of ether oxygens (including phenoxy) is 3. The lowest BCUT2D eigenvalue weighted by Gasteiger charge is -2.21. The molecule has 1 fully saturated rings. The number of amides is 2. The number of rotatable bonds is 9.